The Morgan fingerprint density at radius 2 is 2.31 bits per heavy atom. The van der Waals surface area contributed by atoms with E-state index in [-0.39, 0.29) is 5.82 Å². The van der Waals surface area contributed by atoms with Crippen LogP contribution in [-0.4, -0.2) is 6.54 Å². The average Bonchev–Trinajstić information content (AvgIpc) is 2.39. The number of nitrogens with two attached hydrogens (primary N) is 1. The molecule has 13 heavy (non-hydrogen) atoms. The van der Waals surface area contributed by atoms with Crippen molar-refractivity contribution in [1.82, 2.24) is 0 Å². The van der Waals surface area contributed by atoms with Gasteiger partial charge in [-0.1, -0.05) is 13.0 Å². The highest BCUT2D eigenvalue weighted by Gasteiger charge is 2.28. The fraction of sp³-hybridized carbons (Fsp3) is 0.455. The minimum absolute atomic E-state index is 0.136. The Balaban J connectivity index is 2.42. The molecule has 2 heteroatoms. The first-order valence-corrected chi connectivity index (χ1v) is 4.70. The second kappa shape index (κ2) is 3.11. The summed E-state index contributed by atoms with van der Waals surface area (Å²) in [6, 6.07) is 5.05. The minimum Gasteiger partial charge on any atom is -0.330 e. The van der Waals surface area contributed by atoms with E-state index in [1.807, 2.05) is 6.07 Å². The maximum Gasteiger partial charge on any atom is 0.123 e. The quantitative estimate of drug-likeness (QED) is 0.701. The number of hydrogen-bond acceptors (Lipinski definition) is 1. The van der Waals surface area contributed by atoms with Gasteiger partial charge in [0, 0.05) is 0 Å². The van der Waals surface area contributed by atoms with E-state index in [2.05, 4.69) is 6.92 Å². The number of benzene rings is 1. The summed E-state index contributed by atoms with van der Waals surface area (Å²) in [4.78, 5) is 0. The third-order valence-corrected chi connectivity index (χ3v) is 2.99. The molecule has 0 radical (unpaired) electrons. The van der Waals surface area contributed by atoms with Crippen LogP contribution in [0.25, 0.3) is 0 Å². The predicted octanol–water partition coefficient (Wildman–Crippen LogP) is 2.06. The van der Waals surface area contributed by atoms with Crippen molar-refractivity contribution in [3.05, 3.63) is 35.1 Å². The molecule has 1 aromatic carbocycles. The molecule has 0 aliphatic heterocycles. The van der Waals surface area contributed by atoms with Gasteiger partial charge < -0.3 is 5.73 Å². The van der Waals surface area contributed by atoms with Gasteiger partial charge in [0.25, 0.3) is 0 Å². The first kappa shape index (κ1) is 8.70. The molecule has 2 atom stereocenters. The standard InChI is InChI=1S/C11H14FN/c1-7-4-8-5-9(12)2-3-10(8)11(7)6-13/h2-3,5,7,11H,4,6,13H2,1H3. The van der Waals surface area contributed by atoms with E-state index in [0.717, 1.165) is 12.0 Å². The van der Waals surface area contributed by atoms with Crippen LogP contribution in [0.15, 0.2) is 18.2 Å². The molecular weight excluding hydrogens is 165 g/mol. The zero-order valence-corrected chi connectivity index (χ0v) is 7.76. The van der Waals surface area contributed by atoms with Crippen LogP contribution >= 0.6 is 0 Å². The number of hydrogen-bond donors (Lipinski definition) is 1. The molecule has 2 rings (SSSR count). The van der Waals surface area contributed by atoms with E-state index in [4.69, 9.17) is 5.73 Å². The van der Waals surface area contributed by atoms with E-state index in [9.17, 15) is 4.39 Å². The Labute approximate surface area is 77.8 Å². The number of fused-ring (bicyclic) bond motifs is 1. The number of rotatable bonds is 1. The fourth-order valence-corrected chi connectivity index (χ4v) is 2.27. The Kier molecular flexibility index (Phi) is 2.08. The van der Waals surface area contributed by atoms with Crippen molar-refractivity contribution in [2.24, 2.45) is 11.7 Å². The maximum atomic E-state index is 12.9. The van der Waals surface area contributed by atoms with Crippen LogP contribution in [0.2, 0.25) is 0 Å². The monoisotopic (exact) mass is 179 g/mol. The lowest BCUT2D eigenvalue weighted by Gasteiger charge is -2.13. The molecule has 0 saturated carbocycles. The van der Waals surface area contributed by atoms with Gasteiger partial charge >= 0.3 is 0 Å². The summed E-state index contributed by atoms with van der Waals surface area (Å²) < 4.78 is 12.9. The van der Waals surface area contributed by atoms with Gasteiger partial charge in [-0.15, -0.1) is 0 Å². The molecule has 0 saturated heterocycles. The van der Waals surface area contributed by atoms with E-state index >= 15 is 0 Å². The van der Waals surface area contributed by atoms with Gasteiger partial charge in [-0.05, 0) is 48.1 Å². The van der Waals surface area contributed by atoms with Crippen LogP contribution in [0.5, 0.6) is 0 Å². The Morgan fingerprint density at radius 3 is 3.00 bits per heavy atom. The molecule has 0 amide bonds. The third-order valence-electron chi connectivity index (χ3n) is 2.99. The second-order valence-corrected chi connectivity index (χ2v) is 3.87. The van der Waals surface area contributed by atoms with Crippen molar-refractivity contribution < 1.29 is 4.39 Å². The summed E-state index contributed by atoms with van der Waals surface area (Å²) >= 11 is 0. The van der Waals surface area contributed by atoms with Gasteiger partial charge in [0.05, 0.1) is 0 Å². The third kappa shape index (κ3) is 1.35. The molecule has 0 heterocycles. The largest absolute Gasteiger partial charge is 0.330 e. The van der Waals surface area contributed by atoms with Crippen LogP contribution in [-0.2, 0) is 6.42 Å². The SMILES string of the molecule is CC1Cc2cc(F)ccc2C1CN. The van der Waals surface area contributed by atoms with Gasteiger partial charge in [0.1, 0.15) is 5.82 Å². The summed E-state index contributed by atoms with van der Waals surface area (Å²) in [5.74, 6) is 0.848. The van der Waals surface area contributed by atoms with Crippen LogP contribution in [0.3, 0.4) is 0 Å². The smallest absolute Gasteiger partial charge is 0.123 e. The lowest BCUT2D eigenvalue weighted by molar-refractivity contribution is 0.506. The summed E-state index contributed by atoms with van der Waals surface area (Å²) in [5.41, 5.74) is 8.07. The van der Waals surface area contributed by atoms with Crippen molar-refractivity contribution in [2.75, 3.05) is 6.54 Å². The fourth-order valence-electron chi connectivity index (χ4n) is 2.27. The molecule has 0 fully saturated rings. The Bertz CT molecular complexity index is 322. The molecule has 2 N–H and O–H groups in total. The molecule has 1 nitrogen and oxygen atoms in total. The van der Waals surface area contributed by atoms with Gasteiger partial charge in [0.2, 0.25) is 0 Å². The minimum atomic E-state index is -0.136. The molecule has 0 aromatic heterocycles. The molecular formula is C11H14FN. The Hall–Kier alpha value is -0.890. The van der Waals surface area contributed by atoms with Crippen LogP contribution in [0.1, 0.15) is 24.0 Å². The molecule has 1 aliphatic carbocycles. The molecule has 70 valence electrons. The van der Waals surface area contributed by atoms with E-state index in [1.165, 1.54) is 11.6 Å². The average molecular weight is 179 g/mol. The Morgan fingerprint density at radius 1 is 1.54 bits per heavy atom. The number of halogens is 1. The molecule has 0 bridgehead atoms. The van der Waals surface area contributed by atoms with Crippen molar-refractivity contribution in [3.8, 4) is 0 Å². The molecule has 2 unspecified atom stereocenters. The second-order valence-electron chi connectivity index (χ2n) is 3.87. The zero-order valence-electron chi connectivity index (χ0n) is 7.76. The summed E-state index contributed by atoms with van der Waals surface area (Å²) in [6.45, 7) is 2.84. The van der Waals surface area contributed by atoms with E-state index < -0.39 is 0 Å². The van der Waals surface area contributed by atoms with Crippen molar-refractivity contribution in [1.29, 1.82) is 0 Å². The van der Waals surface area contributed by atoms with Gasteiger partial charge in [-0.3, -0.25) is 0 Å². The van der Waals surface area contributed by atoms with Gasteiger partial charge in [0.15, 0.2) is 0 Å². The van der Waals surface area contributed by atoms with Crippen molar-refractivity contribution in [2.45, 2.75) is 19.3 Å². The summed E-state index contributed by atoms with van der Waals surface area (Å²) in [5, 5.41) is 0. The topological polar surface area (TPSA) is 26.0 Å². The van der Waals surface area contributed by atoms with Crippen LogP contribution < -0.4 is 5.73 Å². The molecule has 0 spiro atoms. The predicted molar refractivity (Wildman–Crippen MR) is 51.1 cm³/mol. The maximum absolute atomic E-state index is 12.9. The lowest BCUT2D eigenvalue weighted by atomic mass is 9.94. The van der Waals surface area contributed by atoms with E-state index in [1.54, 1.807) is 6.07 Å². The van der Waals surface area contributed by atoms with Crippen molar-refractivity contribution in [3.63, 3.8) is 0 Å². The first-order valence-electron chi connectivity index (χ1n) is 4.70. The van der Waals surface area contributed by atoms with Gasteiger partial charge in [-0.2, -0.15) is 0 Å². The van der Waals surface area contributed by atoms with E-state index in [0.29, 0.717) is 18.4 Å². The summed E-state index contributed by atoms with van der Waals surface area (Å²) in [6.07, 6.45) is 0.967. The van der Waals surface area contributed by atoms with Crippen LogP contribution in [0, 0.1) is 11.7 Å². The molecule has 1 aliphatic rings. The zero-order chi connectivity index (χ0) is 9.42. The normalized spacial score (nSPS) is 26.1. The lowest BCUT2D eigenvalue weighted by Crippen LogP contribution is -2.15. The highest BCUT2D eigenvalue weighted by atomic mass is 19.1. The van der Waals surface area contributed by atoms with Gasteiger partial charge in [-0.25, -0.2) is 4.39 Å². The summed E-state index contributed by atoms with van der Waals surface area (Å²) in [7, 11) is 0. The highest BCUT2D eigenvalue weighted by molar-refractivity contribution is 5.36. The van der Waals surface area contributed by atoms with Crippen molar-refractivity contribution >= 4 is 0 Å². The van der Waals surface area contributed by atoms with Crippen LogP contribution in [0.4, 0.5) is 4.39 Å². The highest BCUT2D eigenvalue weighted by Crippen LogP contribution is 2.36. The molecule has 1 aromatic rings. The first-order chi connectivity index (χ1) is 6.22.